The first-order valence-corrected chi connectivity index (χ1v) is 6.47. The van der Waals surface area contributed by atoms with Crippen LogP contribution in [0, 0.1) is 0 Å². The Hall–Kier alpha value is -1.01. The van der Waals surface area contributed by atoms with Gasteiger partial charge in [0.15, 0.2) is 6.10 Å². The number of benzene rings is 1. The zero-order chi connectivity index (χ0) is 13.7. The normalized spacial score (nSPS) is 12.7. The second-order valence-electron chi connectivity index (χ2n) is 3.79. The minimum absolute atomic E-state index is 0.0428. The largest absolute Gasteiger partial charge is 0.479 e. The lowest BCUT2D eigenvalue weighted by molar-refractivity contribution is -0.147. The molecule has 0 saturated carbocycles. The fourth-order valence-corrected chi connectivity index (χ4v) is 1.90. The number of aliphatic hydroxyl groups excluding tert-OH is 1. The summed E-state index contributed by atoms with van der Waals surface area (Å²) < 4.78 is 25.1. The highest BCUT2D eigenvalue weighted by atomic mass is 79.9. The molecule has 18 heavy (non-hydrogen) atoms. The molecule has 0 amide bonds. The van der Waals surface area contributed by atoms with E-state index in [2.05, 4.69) is 15.9 Å². The summed E-state index contributed by atoms with van der Waals surface area (Å²) in [5.41, 5.74) is 0.336. The van der Waals surface area contributed by atoms with Crippen molar-refractivity contribution in [2.24, 2.45) is 0 Å². The van der Waals surface area contributed by atoms with Crippen molar-refractivity contribution in [3.05, 3.63) is 34.9 Å². The van der Waals surface area contributed by atoms with Crippen LogP contribution in [0.3, 0.4) is 0 Å². The third kappa shape index (κ3) is 3.74. The number of carboxylic acid groups (broad SMARTS) is 1. The minimum Gasteiger partial charge on any atom is -0.479 e. The van der Waals surface area contributed by atoms with Gasteiger partial charge in [0.2, 0.25) is 0 Å². The summed E-state index contributed by atoms with van der Waals surface area (Å²) in [5.74, 6) is -1.44. The predicted octanol–water partition coefficient (Wildman–Crippen LogP) is 3.07. The number of hydrogen-bond acceptors (Lipinski definition) is 2. The van der Waals surface area contributed by atoms with Crippen molar-refractivity contribution < 1.29 is 23.8 Å². The first kappa shape index (κ1) is 15.0. The number of hydrogen-bond donors (Lipinski definition) is 2. The predicted molar refractivity (Wildman–Crippen MR) is 66.1 cm³/mol. The molecule has 0 spiro atoms. The molecule has 1 rings (SSSR count). The van der Waals surface area contributed by atoms with Gasteiger partial charge in [-0.3, -0.25) is 0 Å². The van der Waals surface area contributed by atoms with E-state index in [1.54, 1.807) is 0 Å². The number of carbonyl (C=O) groups is 1. The number of aryl methyl sites for hydroxylation is 1. The maximum atomic E-state index is 12.6. The van der Waals surface area contributed by atoms with Crippen LogP contribution in [0.15, 0.2) is 18.2 Å². The van der Waals surface area contributed by atoms with Crippen molar-refractivity contribution in [1.29, 1.82) is 0 Å². The van der Waals surface area contributed by atoms with Gasteiger partial charge < -0.3 is 10.2 Å². The summed E-state index contributed by atoms with van der Waals surface area (Å²) in [6.07, 6.45) is -3.20. The lowest BCUT2D eigenvalue weighted by atomic mass is 9.96. The van der Waals surface area contributed by atoms with Crippen molar-refractivity contribution >= 4 is 21.9 Å². The summed E-state index contributed by atoms with van der Waals surface area (Å²) in [5, 5.41) is 19.0. The Kier molecular flexibility index (Phi) is 5.68. The standard InChI is InChI=1S/C12H13BrF2O3/c13-5-1-2-7-3-4-8(11(14)15)6-9(7)10(16)12(17)18/h3-4,6,10-11,16H,1-2,5H2,(H,17,18). The smallest absolute Gasteiger partial charge is 0.337 e. The number of aliphatic hydroxyl groups is 1. The van der Waals surface area contributed by atoms with Gasteiger partial charge in [-0.1, -0.05) is 28.1 Å². The molecule has 0 saturated heterocycles. The van der Waals surface area contributed by atoms with Gasteiger partial charge in [0.1, 0.15) is 0 Å². The number of alkyl halides is 3. The monoisotopic (exact) mass is 322 g/mol. The van der Waals surface area contributed by atoms with Gasteiger partial charge in [0, 0.05) is 10.9 Å². The zero-order valence-corrected chi connectivity index (χ0v) is 11.0. The molecule has 1 aromatic carbocycles. The molecule has 0 heterocycles. The summed E-state index contributed by atoms with van der Waals surface area (Å²) in [4.78, 5) is 10.8. The average molecular weight is 323 g/mol. The van der Waals surface area contributed by atoms with Crippen LogP contribution in [0.1, 0.15) is 35.6 Å². The molecular formula is C12H13BrF2O3. The topological polar surface area (TPSA) is 57.5 Å². The van der Waals surface area contributed by atoms with E-state index in [0.29, 0.717) is 17.3 Å². The first-order chi connectivity index (χ1) is 8.47. The quantitative estimate of drug-likeness (QED) is 0.791. The lowest BCUT2D eigenvalue weighted by Gasteiger charge is -2.14. The maximum absolute atomic E-state index is 12.6. The number of halogens is 3. The van der Waals surface area contributed by atoms with Crippen molar-refractivity contribution in [2.75, 3.05) is 5.33 Å². The van der Waals surface area contributed by atoms with Crippen LogP contribution < -0.4 is 0 Å². The SMILES string of the molecule is O=C(O)C(O)c1cc(C(F)F)ccc1CCCBr. The minimum atomic E-state index is -2.69. The zero-order valence-electron chi connectivity index (χ0n) is 9.44. The molecule has 1 atom stereocenters. The molecule has 0 aliphatic carbocycles. The van der Waals surface area contributed by atoms with Gasteiger partial charge in [-0.25, -0.2) is 13.6 Å². The molecule has 6 heteroatoms. The van der Waals surface area contributed by atoms with E-state index in [1.807, 2.05) is 0 Å². The summed E-state index contributed by atoms with van der Waals surface area (Å²) >= 11 is 3.24. The Bertz CT molecular complexity index is 424. The van der Waals surface area contributed by atoms with E-state index in [0.717, 1.165) is 12.5 Å². The third-order valence-corrected chi connectivity index (χ3v) is 3.09. The highest BCUT2D eigenvalue weighted by Gasteiger charge is 2.21. The van der Waals surface area contributed by atoms with Gasteiger partial charge in [0.25, 0.3) is 6.43 Å². The highest BCUT2D eigenvalue weighted by molar-refractivity contribution is 9.09. The molecule has 2 N–H and O–H groups in total. The van der Waals surface area contributed by atoms with E-state index >= 15 is 0 Å². The van der Waals surface area contributed by atoms with Gasteiger partial charge in [0.05, 0.1) is 0 Å². The number of carboxylic acids is 1. The van der Waals surface area contributed by atoms with Crippen LogP contribution in [-0.4, -0.2) is 21.5 Å². The molecular weight excluding hydrogens is 310 g/mol. The van der Waals surface area contributed by atoms with E-state index in [1.165, 1.54) is 12.1 Å². The molecule has 0 aromatic heterocycles. The van der Waals surface area contributed by atoms with Gasteiger partial charge in [-0.2, -0.15) is 0 Å². The third-order valence-electron chi connectivity index (χ3n) is 2.53. The fourth-order valence-electron chi connectivity index (χ4n) is 1.62. The molecule has 1 unspecified atom stereocenters. The molecule has 3 nitrogen and oxygen atoms in total. The summed E-state index contributed by atoms with van der Waals surface area (Å²) in [6, 6.07) is 3.77. The molecule has 0 bridgehead atoms. The second kappa shape index (κ2) is 6.80. The van der Waals surface area contributed by atoms with E-state index in [4.69, 9.17) is 5.11 Å². The van der Waals surface area contributed by atoms with Crippen LogP contribution >= 0.6 is 15.9 Å². The van der Waals surface area contributed by atoms with Crippen molar-refractivity contribution in [2.45, 2.75) is 25.4 Å². The van der Waals surface area contributed by atoms with Crippen molar-refractivity contribution in [3.63, 3.8) is 0 Å². The van der Waals surface area contributed by atoms with Crippen LogP contribution in [-0.2, 0) is 11.2 Å². The molecule has 0 radical (unpaired) electrons. The first-order valence-electron chi connectivity index (χ1n) is 5.35. The van der Waals surface area contributed by atoms with E-state index in [9.17, 15) is 18.7 Å². The van der Waals surface area contributed by atoms with Crippen LogP contribution in [0.25, 0.3) is 0 Å². The van der Waals surface area contributed by atoms with Gasteiger partial charge >= 0.3 is 5.97 Å². The lowest BCUT2D eigenvalue weighted by Crippen LogP contribution is -2.13. The highest BCUT2D eigenvalue weighted by Crippen LogP contribution is 2.26. The van der Waals surface area contributed by atoms with Crippen LogP contribution in [0.2, 0.25) is 0 Å². The van der Waals surface area contributed by atoms with Gasteiger partial charge in [-0.15, -0.1) is 0 Å². The van der Waals surface area contributed by atoms with Gasteiger partial charge in [-0.05, 0) is 30.0 Å². The fraction of sp³-hybridized carbons (Fsp3) is 0.417. The number of aliphatic carboxylic acids is 1. The average Bonchev–Trinajstić information content (AvgIpc) is 2.34. The number of rotatable bonds is 6. The summed E-state index contributed by atoms with van der Waals surface area (Å²) in [7, 11) is 0. The molecule has 0 aliphatic rings. The molecule has 0 fully saturated rings. The summed E-state index contributed by atoms with van der Waals surface area (Å²) in [6.45, 7) is 0. The van der Waals surface area contributed by atoms with Crippen LogP contribution in [0.4, 0.5) is 8.78 Å². The van der Waals surface area contributed by atoms with Crippen molar-refractivity contribution in [3.8, 4) is 0 Å². The Morgan fingerprint density at radius 3 is 2.56 bits per heavy atom. The Labute approximate surface area is 112 Å². The maximum Gasteiger partial charge on any atom is 0.337 e. The second-order valence-corrected chi connectivity index (χ2v) is 4.59. The van der Waals surface area contributed by atoms with Crippen LogP contribution in [0.5, 0.6) is 0 Å². The van der Waals surface area contributed by atoms with E-state index in [-0.39, 0.29) is 11.1 Å². The van der Waals surface area contributed by atoms with Crippen molar-refractivity contribution in [1.82, 2.24) is 0 Å². The molecule has 100 valence electrons. The Morgan fingerprint density at radius 1 is 1.39 bits per heavy atom. The Morgan fingerprint density at radius 2 is 2.06 bits per heavy atom. The molecule has 1 aromatic rings. The Balaban J connectivity index is 3.13. The van der Waals surface area contributed by atoms with E-state index < -0.39 is 18.5 Å². The molecule has 0 aliphatic heterocycles.